The van der Waals surface area contributed by atoms with Crippen molar-refractivity contribution in [1.29, 1.82) is 0 Å². The zero-order chi connectivity index (χ0) is 23.9. The second-order valence-corrected chi connectivity index (χ2v) is 9.32. The molecule has 0 aliphatic carbocycles. The van der Waals surface area contributed by atoms with Crippen LogP contribution in [-0.4, -0.2) is 33.1 Å². The first-order chi connectivity index (χ1) is 16.4. The van der Waals surface area contributed by atoms with Crippen LogP contribution in [0, 0.1) is 5.92 Å². The Hall–Kier alpha value is -4.02. The largest absolute Gasteiger partial charge is 0.497 e. The van der Waals surface area contributed by atoms with Crippen molar-refractivity contribution in [3.63, 3.8) is 0 Å². The van der Waals surface area contributed by atoms with Gasteiger partial charge in [0.1, 0.15) is 16.5 Å². The number of benzene rings is 3. The summed E-state index contributed by atoms with van der Waals surface area (Å²) in [5.74, 6) is -2.11. The average Bonchev–Trinajstić information content (AvgIpc) is 2.84. The maximum absolute atomic E-state index is 13.5. The molecule has 10 heteroatoms. The molecule has 2 aliphatic heterocycles. The number of nitrogens with zero attached hydrogens (tertiary/aromatic N) is 2. The first kappa shape index (κ1) is 21.8. The van der Waals surface area contributed by atoms with Crippen molar-refractivity contribution in [3.8, 4) is 5.75 Å². The standard InChI is InChI=1S/C24H20N4O5S/c1-33-16-12-10-15(11-13-16)14-25-28-19-8-4-2-6-17(19)22(29)21(24(28)30)23-26-18-7-3-5-9-20(18)34(31,32)27-23/h2-13,21,25H,14H2,1H3,(H,26,27). The highest BCUT2D eigenvalue weighted by Gasteiger charge is 2.45. The Balaban J connectivity index is 1.50. The average molecular weight is 477 g/mol. The molecule has 1 atom stereocenters. The van der Waals surface area contributed by atoms with Gasteiger partial charge in [-0.25, -0.2) is 10.4 Å². The third-order valence-electron chi connectivity index (χ3n) is 5.66. The number of hydrazine groups is 1. The summed E-state index contributed by atoms with van der Waals surface area (Å²) in [6.07, 6.45) is 0. The Morgan fingerprint density at radius 2 is 1.71 bits per heavy atom. The van der Waals surface area contributed by atoms with Crippen LogP contribution in [0.4, 0.5) is 11.4 Å². The van der Waals surface area contributed by atoms with E-state index in [4.69, 9.17) is 4.74 Å². The molecule has 3 aromatic carbocycles. The molecule has 0 aromatic heterocycles. The van der Waals surface area contributed by atoms with Gasteiger partial charge in [0.05, 0.1) is 18.5 Å². The van der Waals surface area contributed by atoms with Gasteiger partial charge in [0.15, 0.2) is 11.7 Å². The quantitative estimate of drug-likeness (QED) is 0.544. The van der Waals surface area contributed by atoms with Crippen molar-refractivity contribution in [3.05, 3.63) is 83.9 Å². The number of fused-ring (bicyclic) bond motifs is 2. The predicted octanol–water partition coefficient (Wildman–Crippen LogP) is 2.76. The zero-order valence-electron chi connectivity index (χ0n) is 18.1. The van der Waals surface area contributed by atoms with E-state index in [-0.39, 0.29) is 28.5 Å². The van der Waals surface area contributed by atoms with Crippen LogP contribution in [0.15, 0.2) is 82.1 Å². The molecule has 0 bridgehead atoms. The number of hydrogen-bond acceptors (Lipinski definition) is 7. The van der Waals surface area contributed by atoms with E-state index in [2.05, 4.69) is 15.1 Å². The third kappa shape index (κ3) is 3.72. The van der Waals surface area contributed by atoms with Crippen LogP contribution in [0.2, 0.25) is 0 Å². The molecule has 0 saturated carbocycles. The molecule has 2 N–H and O–H groups in total. The van der Waals surface area contributed by atoms with Crippen LogP contribution >= 0.6 is 0 Å². The van der Waals surface area contributed by atoms with Crippen molar-refractivity contribution in [2.24, 2.45) is 10.3 Å². The number of amides is 1. The van der Waals surface area contributed by atoms with Crippen LogP contribution in [0.1, 0.15) is 15.9 Å². The minimum Gasteiger partial charge on any atom is -0.497 e. The highest BCUT2D eigenvalue weighted by atomic mass is 32.2. The normalized spacial score (nSPS) is 18.4. The van der Waals surface area contributed by atoms with Gasteiger partial charge in [0.2, 0.25) is 0 Å². The summed E-state index contributed by atoms with van der Waals surface area (Å²) < 4.78 is 34.4. The number of ether oxygens (including phenoxy) is 1. The van der Waals surface area contributed by atoms with E-state index < -0.39 is 27.6 Å². The van der Waals surface area contributed by atoms with Gasteiger partial charge in [0, 0.05) is 12.1 Å². The molecule has 0 radical (unpaired) electrons. The second-order valence-electron chi connectivity index (χ2n) is 7.74. The predicted molar refractivity (Wildman–Crippen MR) is 126 cm³/mol. The van der Waals surface area contributed by atoms with Gasteiger partial charge in [-0.2, -0.15) is 8.42 Å². The van der Waals surface area contributed by atoms with E-state index in [1.165, 1.54) is 11.1 Å². The maximum atomic E-state index is 13.5. The number of methoxy groups -OCH3 is 1. The molecule has 2 heterocycles. The number of carbonyl (C=O) groups excluding carboxylic acids is 2. The molecule has 5 rings (SSSR count). The van der Waals surface area contributed by atoms with Crippen LogP contribution < -0.4 is 20.5 Å². The molecule has 0 spiro atoms. The number of para-hydroxylation sites is 2. The van der Waals surface area contributed by atoms with E-state index in [1.807, 2.05) is 12.1 Å². The lowest BCUT2D eigenvalue weighted by molar-refractivity contribution is -0.120. The van der Waals surface area contributed by atoms with Gasteiger partial charge in [-0.05, 0) is 42.0 Å². The lowest BCUT2D eigenvalue weighted by Gasteiger charge is -2.34. The summed E-state index contributed by atoms with van der Waals surface area (Å²) in [7, 11) is -2.50. The summed E-state index contributed by atoms with van der Waals surface area (Å²) in [4.78, 5) is 26.9. The summed E-state index contributed by atoms with van der Waals surface area (Å²) in [5.41, 5.74) is 4.89. The Morgan fingerprint density at radius 3 is 2.47 bits per heavy atom. The number of sulfonamides is 1. The Kier molecular flexibility index (Phi) is 5.39. The molecular weight excluding hydrogens is 456 g/mol. The highest BCUT2D eigenvalue weighted by Crippen LogP contribution is 2.34. The number of carbonyl (C=O) groups is 2. The highest BCUT2D eigenvalue weighted by molar-refractivity contribution is 7.90. The minimum atomic E-state index is -4.07. The monoisotopic (exact) mass is 476 g/mol. The van der Waals surface area contributed by atoms with E-state index in [1.54, 1.807) is 61.7 Å². The number of anilines is 2. The number of amidine groups is 1. The third-order valence-corrected chi connectivity index (χ3v) is 7.01. The maximum Gasteiger partial charge on any atom is 0.286 e. The minimum absolute atomic E-state index is 0.00987. The lowest BCUT2D eigenvalue weighted by Crippen LogP contribution is -2.55. The van der Waals surface area contributed by atoms with Gasteiger partial charge in [-0.3, -0.25) is 9.59 Å². The number of hydrogen-bond donors (Lipinski definition) is 2. The number of rotatable bonds is 5. The van der Waals surface area contributed by atoms with E-state index in [0.29, 0.717) is 11.4 Å². The Labute approximate surface area is 196 Å². The first-order valence-corrected chi connectivity index (χ1v) is 11.9. The molecule has 9 nitrogen and oxygen atoms in total. The first-order valence-electron chi connectivity index (χ1n) is 10.4. The van der Waals surface area contributed by atoms with Gasteiger partial charge in [-0.15, -0.1) is 4.40 Å². The Morgan fingerprint density at radius 1 is 1.00 bits per heavy atom. The smallest absolute Gasteiger partial charge is 0.286 e. The molecule has 0 fully saturated rings. The van der Waals surface area contributed by atoms with Crippen molar-refractivity contribution < 1.29 is 22.7 Å². The Bertz CT molecular complexity index is 1430. The zero-order valence-corrected chi connectivity index (χ0v) is 18.9. The number of ketones is 1. The molecule has 2 aliphatic rings. The van der Waals surface area contributed by atoms with Crippen LogP contribution in [0.25, 0.3) is 0 Å². The van der Waals surface area contributed by atoms with Gasteiger partial charge >= 0.3 is 0 Å². The van der Waals surface area contributed by atoms with Crippen molar-refractivity contribution in [2.45, 2.75) is 11.4 Å². The van der Waals surface area contributed by atoms with E-state index in [0.717, 1.165) is 5.56 Å². The molecule has 1 unspecified atom stereocenters. The van der Waals surface area contributed by atoms with Crippen LogP contribution in [-0.2, 0) is 21.4 Å². The number of nitrogens with one attached hydrogen (secondary N) is 2. The molecule has 0 saturated heterocycles. The van der Waals surface area contributed by atoms with E-state index in [9.17, 15) is 18.0 Å². The molecule has 3 aromatic rings. The van der Waals surface area contributed by atoms with Gasteiger partial charge < -0.3 is 10.1 Å². The fourth-order valence-electron chi connectivity index (χ4n) is 3.97. The van der Waals surface area contributed by atoms with Gasteiger partial charge in [-0.1, -0.05) is 36.4 Å². The fourth-order valence-corrected chi connectivity index (χ4v) is 5.13. The SMILES string of the molecule is COc1ccc(CNN2C(=O)C(C3=NS(=O)(=O)c4ccccc4N3)C(=O)c3ccccc32)cc1. The molecular formula is C24H20N4O5S. The van der Waals surface area contributed by atoms with E-state index >= 15 is 0 Å². The number of Topliss-reactive ketones (excluding diaryl/α,β-unsaturated/α-hetero) is 1. The van der Waals surface area contributed by atoms with Crippen LogP contribution in [0.5, 0.6) is 5.75 Å². The fraction of sp³-hybridized carbons (Fsp3) is 0.125. The summed E-state index contributed by atoms with van der Waals surface area (Å²) in [6, 6.07) is 20.2. The van der Waals surface area contributed by atoms with Gasteiger partial charge in [0.25, 0.3) is 15.9 Å². The lowest BCUT2D eigenvalue weighted by atomic mass is 9.90. The van der Waals surface area contributed by atoms with Crippen molar-refractivity contribution in [2.75, 3.05) is 17.4 Å². The molecule has 172 valence electrons. The van der Waals surface area contributed by atoms with Crippen molar-refractivity contribution >= 4 is 38.9 Å². The summed E-state index contributed by atoms with van der Waals surface area (Å²) in [5, 5.41) is 4.16. The van der Waals surface area contributed by atoms with Crippen LogP contribution in [0.3, 0.4) is 0 Å². The molecule has 34 heavy (non-hydrogen) atoms. The van der Waals surface area contributed by atoms with Crippen molar-refractivity contribution in [1.82, 2.24) is 5.43 Å². The second kappa shape index (κ2) is 8.40. The summed E-state index contributed by atoms with van der Waals surface area (Å²) in [6.45, 7) is 0.284. The molecule has 1 amide bonds. The summed E-state index contributed by atoms with van der Waals surface area (Å²) >= 11 is 0. The topological polar surface area (TPSA) is 117 Å².